The summed E-state index contributed by atoms with van der Waals surface area (Å²) in [4.78, 5) is 12.1. The molecule has 0 aromatic heterocycles. The van der Waals surface area contributed by atoms with E-state index >= 15 is 0 Å². The first kappa shape index (κ1) is 17.3. The van der Waals surface area contributed by atoms with Gasteiger partial charge in [0.25, 0.3) is 5.91 Å². The minimum atomic E-state index is -3.42. The zero-order valence-electron chi connectivity index (χ0n) is 12.5. The van der Waals surface area contributed by atoms with Crippen LogP contribution in [-0.4, -0.2) is 26.7 Å². The number of hydrogen-bond donors (Lipinski definition) is 1. The molecular formula is C16H16ClNO4S. The zero-order valence-corrected chi connectivity index (χ0v) is 14.0. The van der Waals surface area contributed by atoms with E-state index in [0.29, 0.717) is 10.8 Å². The van der Waals surface area contributed by atoms with Crippen LogP contribution in [0.2, 0.25) is 5.02 Å². The molecule has 0 bridgehead atoms. The number of ether oxygens (including phenoxy) is 1. The van der Waals surface area contributed by atoms with Gasteiger partial charge in [-0.3, -0.25) is 4.79 Å². The summed E-state index contributed by atoms with van der Waals surface area (Å²) in [6.45, 7) is 1.32. The summed E-state index contributed by atoms with van der Waals surface area (Å²) < 4.78 is 29.4. The van der Waals surface area contributed by atoms with E-state index in [1.165, 1.54) is 6.07 Å². The second kappa shape index (κ2) is 7.48. The molecule has 0 fully saturated rings. The Hall–Kier alpha value is -2.05. The Morgan fingerprint density at radius 3 is 2.43 bits per heavy atom. The molecule has 2 aromatic carbocycles. The number of carbonyl (C=O) groups is 1. The topological polar surface area (TPSA) is 72.5 Å². The molecule has 122 valence electrons. The fourth-order valence-electron chi connectivity index (χ4n) is 1.86. The third kappa shape index (κ3) is 4.71. The van der Waals surface area contributed by atoms with Crippen molar-refractivity contribution >= 4 is 33.0 Å². The monoisotopic (exact) mass is 353 g/mol. The summed E-state index contributed by atoms with van der Waals surface area (Å²) in [5.41, 5.74) is 0.249. The summed E-state index contributed by atoms with van der Waals surface area (Å²) in [6.07, 6.45) is 0. The summed E-state index contributed by atoms with van der Waals surface area (Å²) in [7, 11) is -3.42. The van der Waals surface area contributed by atoms with Crippen LogP contribution >= 0.6 is 11.6 Å². The maximum absolute atomic E-state index is 12.0. The Labute approximate surface area is 140 Å². The predicted molar refractivity (Wildman–Crippen MR) is 89.7 cm³/mol. The van der Waals surface area contributed by atoms with Gasteiger partial charge in [0, 0.05) is 5.02 Å². The average Bonchev–Trinajstić information content (AvgIpc) is 2.55. The molecule has 0 spiro atoms. The van der Waals surface area contributed by atoms with Crippen LogP contribution in [-0.2, 0) is 14.6 Å². The number of sulfone groups is 1. The van der Waals surface area contributed by atoms with Crippen molar-refractivity contribution in [1.82, 2.24) is 0 Å². The summed E-state index contributed by atoms with van der Waals surface area (Å²) in [6, 6.07) is 12.9. The number of halogens is 1. The van der Waals surface area contributed by atoms with Crippen molar-refractivity contribution in [2.75, 3.05) is 17.7 Å². The second-order valence-corrected chi connectivity index (χ2v) is 7.37. The molecule has 0 aliphatic carbocycles. The highest BCUT2D eigenvalue weighted by molar-refractivity contribution is 7.91. The van der Waals surface area contributed by atoms with Crippen LogP contribution in [0, 0.1) is 0 Å². The number of rotatable bonds is 6. The smallest absolute Gasteiger partial charge is 0.262 e. The summed E-state index contributed by atoms with van der Waals surface area (Å²) in [5.74, 6) is 0.0129. The zero-order chi connectivity index (χ0) is 16.9. The van der Waals surface area contributed by atoms with Gasteiger partial charge in [-0.05, 0) is 36.4 Å². The third-order valence-corrected chi connectivity index (χ3v) is 5.10. The Bertz CT molecular complexity index is 788. The molecule has 7 heteroatoms. The SMILES string of the molecule is CCS(=O)(=O)c1ccccc1NC(=O)COc1ccc(Cl)cc1. The highest BCUT2D eigenvalue weighted by Gasteiger charge is 2.17. The van der Waals surface area contributed by atoms with Crippen LogP contribution in [0.5, 0.6) is 5.75 Å². The molecule has 0 aliphatic heterocycles. The molecule has 0 heterocycles. The molecule has 1 amide bonds. The minimum absolute atomic E-state index is 0.0405. The minimum Gasteiger partial charge on any atom is -0.484 e. The number of benzene rings is 2. The fraction of sp³-hybridized carbons (Fsp3) is 0.188. The van der Waals surface area contributed by atoms with Gasteiger partial charge < -0.3 is 10.1 Å². The van der Waals surface area contributed by atoms with E-state index in [2.05, 4.69) is 5.32 Å². The molecule has 2 aromatic rings. The highest BCUT2D eigenvalue weighted by atomic mass is 35.5. The number of para-hydroxylation sites is 1. The molecule has 0 aliphatic rings. The van der Waals surface area contributed by atoms with E-state index in [0.717, 1.165) is 0 Å². The molecular weight excluding hydrogens is 338 g/mol. The van der Waals surface area contributed by atoms with Gasteiger partial charge in [0.2, 0.25) is 0 Å². The lowest BCUT2D eigenvalue weighted by Crippen LogP contribution is -2.21. The van der Waals surface area contributed by atoms with Gasteiger partial charge >= 0.3 is 0 Å². The maximum atomic E-state index is 12.0. The lowest BCUT2D eigenvalue weighted by molar-refractivity contribution is -0.118. The van der Waals surface area contributed by atoms with E-state index in [1.807, 2.05) is 0 Å². The van der Waals surface area contributed by atoms with E-state index in [9.17, 15) is 13.2 Å². The first-order chi connectivity index (χ1) is 10.9. The van der Waals surface area contributed by atoms with Gasteiger partial charge in [0.1, 0.15) is 5.75 Å². The molecule has 0 saturated heterocycles. The van der Waals surface area contributed by atoms with Gasteiger partial charge in [-0.25, -0.2) is 8.42 Å². The maximum Gasteiger partial charge on any atom is 0.262 e. The fourth-order valence-corrected chi connectivity index (χ4v) is 3.04. The quantitative estimate of drug-likeness (QED) is 0.865. The van der Waals surface area contributed by atoms with Crippen LogP contribution in [0.1, 0.15) is 6.92 Å². The molecule has 2 rings (SSSR count). The van der Waals surface area contributed by atoms with Crippen molar-refractivity contribution in [3.05, 3.63) is 53.6 Å². The van der Waals surface area contributed by atoms with Crippen molar-refractivity contribution in [1.29, 1.82) is 0 Å². The lowest BCUT2D eigenvalue weighted by Gasteiger charge is -2.11. The number of hydrogen-bond acceptors (Lipinski definition) is 4. The van der Waals surface area contributed by atoms with Gasteiger partial charge in [-0.2, -0.15) is 0 Å². The van der Waals surface area contributed by atoms with Gasteiger partial charge in [0.15, 0.2) is 16.4 Å². The van der Waals surface area contributed by atoms with Crippen LogP contribution in [0.4, 0.5) is 5.69 Å². The molecule has 5 nitrogen and oxygen atoms in total. The molecule has 0 unspecified atom stereocenters. The van der Waals surface area contributed by atoms with Crippen LogP contribution in [0.3, 0.4) is 0 Å². The largest absolute Gasteiger partial charge is 0.484 e. The number of anilines is 1. The van der Waals surface area contributed by atoms with Crippen molar-refractivity contribution in [3.63, 3.8) is 0 Å². The molecule has 0 radical (unpaired) electrons. The van der Waals surface area contributed by atoms with E-state index < -0.39 is 15.7 Å². The Morgan fingerprint density at radius 1 is 1.13 bits per heavy atom. The van der Waals surface area contributed by atoms with Crippen LogP contribution < -0.4 is 10.1 Å². The third-order valence-electron chi connectivity index (χ3n) is 3.06. The van der Waals surface area contributed by atoms with Gasteiger partial charge in [-0.1, -0.05) is 30.7 Å². The predicted octanol–water partition coefficient (Wildman–Crippen LogP) is 3.15. The highest BCUT2D eigenvalue weighted by Crippen LogP contribution is 2.22. The van der Waals surface area contributed by atoms with Crippen LogP contribution in [0.25, 0.3) is 0 Å². The van der Waals surface area contributed by atoms with Crippen molar-refractivity contribution < 1.29 is 17.9 Å². The molecule has 0 saturated carbocycles. The van der Waals surface area contributed by atoms with E-state index in [1.54, 1.807) is 49.4 Å². The van der Waals surface area contributed by atoms with Crippen LogP contribution in [0.15, 0.2) is 53.4 Å². The van der Waals surface area contributed by atoms with Gasteiger partial charge in [-0.15, -0.1) is 0 Å². The average molecular weight is 354 g/mol. The molecule has 1 N–H and O–H groups in total. The summed E-state index contributed by atoms with van der Waals surface area (Å²) in [5, 5.41) is 3.13. The first-order valence-electron chi connectivity index (χ1n) is 6.92. The number of nitrogens with one attached hydrogen (secondary N) is 1. The van der Waals surface area contributed by atoms with E-state index in [-0.39, 0.29) is 22.9 Å². The number of amides is 1. The Balaban J connectivity index is 2.05. The molecule has 0 atom stereocenters. The van der Waals surface area contributed by atoms with Gasteiger partial charge in [0.05, 0.1) is 16.3 Å². The van der Waals surface area contributed by atoms with E-state index in [4.69, 9.17) is 16.3 Å². The lowest BCUT2D eigenvalue weighted by atomic mass is 10.3. The Morgan fingerprint density at radius 2 is 1.78 bits per heavy atom. The van der Waals surface area contributed by atoms with Crippen molar-refractivity contribution in [2.24, 2.45) is 0 Å². The van der Waals surface area contributed by atoms with Crippen molar-refractivity contribution in [2.45, 2.75) is 11.8 Å². The standard InChI is InChI=1S/C16H16ClNO4S/c1-2-23(20,21)15-6-4-3-5-14(15)18-16(19)11-22-13-9-7-12(17)8-10-13/h3-10H,2,11H2,1H3,(H,18,19). The molecule has 23 heavy (non-hydrogen) atoms. The summed E-state index contributed by atoms with van der Waals surface area (Å²) >= 11 is 5.76. The Kier molecular flexibility index (Phi) is 5.63. The second-order valence-electron chi connectivity index (χ2n) is 4.69. The first-order valence-corrected chi connectivity index (χ1v) is 8.95. The van der Waals surface area contributed by atoms with Crippen molar-refractivity contribution in [3.8, 4) is 5.75 Å². The normalized spacial score (nSPS) is 11.0. The number of carbonyl (C=O) groups excluding carboxylic acids is 1.